The highest BCUT2D eigenvalue weighted by Gasteiger charge is 2.43. The topological polar surface area (TPSA) is 48.5 Å². The molecule has 3 heterocycles. The molecule has 122 valence electrons. The molecular weight excluding hydrogens is 310 g/mol. The first-order valence-electron chi connectivity index (χ1n) is 7.53. The molecule has 0 spiro atoms. The summed E-state index contributed by atoms with van der Waals surface area (Å²) in [7, 11) is 0. The number of rotatable bonds is 3. The van der Waals surface area contributed by atoms with Gasteiger partial charge in [-0.25, -0.2) is 13.8 Å². The predicted molar refractivity (Wildman–Crippen MR) is 79.9 cm³/mol. The number of alkyl halides is 2. The molecule has 22 heavy (non-hydrogen) atoms. The lowest BCUT2D eigenvalue weighted by Crippen LogP contribution is -2.45. The van der Waals surface area contributed by atoms with Gasteiger partial charge in [-0.2, -0.15) is 0 Å². The zero-order chi connectivity index (χ0) is 15.6. The molecule has 1 N–H and O–H groups in total. The van der Waals surface area contributed by atoms with Crippen LogP contribution in [0.1, 0.15) is 18.5 Å². The van der Waals surface area contributed by atoms with Crippen LogP contribution in [0.3, 0.4) is 0 Å². The zero-order valence-electron chi connectivity index (χ0n) is 12.3. The summed E-state index contributed by atoms with van der Waals surface area (Å²) in [6.45, 7) is 3.27. The van der Waals surface area contributed by atoms with E-state index < -0.39 is 18.5 Å². The van der Waals surface area contributed by atoms with Gasteiger partial charge in [-0.15, -0.1) is 11.3 Å². The van der Waals surface area contributed by atoms with Crippen molar-refractivity contribution < 1.29 is 13.6 Å². The molecule has 0 saturated carbocycles. The van der Waals surface area contributed by atoms with Gasteiger partial charge in [-0.1, -0.05) is 0 Å². The van der Waals surface area contributed by atoms with E-state index in [0.717, 1.165) is 31.7 Å². The van der Waals surface area contributed by atoms with Crippen LogP contribution in [0.2, 0.25) is 0 Å². The van der Waals surface area contributed by atoms with E-state index in [2.05, 4.69) is 15.2 Å². The minimum Gasteiger partial charge on any atom is -0.340 e. The summed E-state index contributed by atoms with van der Waals surface area (Å²) >= 11 is 1.57. The molecule has 1 atom stereocenters. The lowest BCUT2D eigenvalue weighted by atomic mass is 10.1. The summed E-state index contributed by atoms with van der Waals surface area (Å²) in [5.41, 5.74) is 2.86. The molecule has 2 saturated heterocycles. The monoisotopic (exact) mass is 330 g/mol. The first-order valence-corrected chi connectivity index (χ1v) is 8.47. The van der Waals surface area contributed by atoms with E-state index in [-0.39, 0.29) is 12.3 Å². The highest BCUT2D eigenvalue weighted by atomic mass is 32.1. The Bertz CT molecular complexity index is 511. The molecule has 0 aromatic carbocycles. The molecule has 1 amide bonds. The second kappa shape index (κ2) is 6.55. The Morgan fingerprint density at radius 1 is 1.41 bits per heavy atom. The Morgan fingerprint density at radius 3 is 2.95 bits per heavy atom. The summed E-state index contributed by atoms with van der Waals surface area (Å²) < 4.78 is 26.5. The van der Waals surface area contributed by atoms with Gasteiger partial charge in [0.25, 0.3) is 5.92 Å². The average Bonchev–Trinajstić information content (AvgIpc) is 3.03. The van der Waals surface area contributed by atoms with E-state index in [1.807, 2.05) is 10.9 Å². The summed E-state index contributed by atoms with van der Waals surface area (Å²) in [6, 6.07) is -0.736. The molecule has 2 fully saturated rings. The average molecular weight is 330 g/mol. The number of aromatic nitrogens is 1. The van der Waals surface area contributed by atoms with Gasteiger partial charge in [0.05, 0.1) is 23.8 Å². The van der Waals surface area contributed by atoms with Crippen molar-refractivity contribution in [1.82, 2.24) is 20.1 Å². The van der Waals surface area contributed by atoms with Crippen LogP contribution in [-0.4, -0.2) is 65.4 Å². The van der Waals surface area contributed by atoms with Crippen LogP contribution < -0.4 is 5.32 Å². The maximum Gasteiger partial charge on any atom is 0.262 e. The molecule has 0 bridgehead atoms. The molecule has 1 unspecified atom stereocenters. The highest BCUT2D eigenvalue weighted by molar-refractivity contribution is 7.07. The van der Waals surface area contributed by atoms with Crippen molar-refractivity contribution in [3.8, 4) is 0 Å². The van der Waals surface area contributed by atoms with Gasteiger partial charge < -0.3 is 4.90 Å². The van der Waals surface area contributed by atoms with Crippen molar-refractivity contribution in [2.75, 3.05) is 32.7 Å². The minimum absolute atomic E-state index is 0.187. The van der Waals surface area contributed by atoms with Crippen molar-refractivity contribution in [1.29, 1.82) is 0 Å². The smallest absolute Gasteiger partial charge is 0.262 e. The first-order chi connectivity index (χ1) is 10.5. The van der Waals surface area contributed by atoms with E-state index in [9.17, 15) is 13.6 Å². The number of carbonyl (C=O) groups excluding carboxylic acids is 1. The van der Waals surface area contributed by atoms with Crippen LogP contribution in [0, 0.1) is 0 Å². The van der Waals surface area contributed by atoms with Gasteiger partial charge in [-0.3, -0.25) is 15.0 Å². The second-order valence-corrected chi connectivity index (χ2v) is 6.65. The number of halogens is 2. The van der Waals surface area contributed by atoms with E-state index >= 15 is 0 Å². The van der Waals surface area contributed by atoms with Gasteiger partial charge in [0.15, 0.2) is 0 Å². The summed E-state index contributed by atoms with van der Waals surface area (Å²) in [5.74, 6) is -2.95. The number of carbonyl (C=O) groups is 1. The number of amides is 1. The van der Waals surface area contributed by atoms with Crippen LogP contribution in [0.25, 0.3) is 0 Å². The molecule has 5 nitrogen and oxygen atoms in total. The number of thiazole rings is 1. The molecule has 8 heteroatoms. The van der Waals surface area contributed by atoms with E-state index in [4.69, 9.17) is 0 Å². The third kappa shape index (κ3) is 3.80. The van der Waals surface area contributed by atoms with Crippen LogP contribution in [0.4, 0.5) is 8.78 Å². The van der Waals surface area contributed by atoms with Crippen LogP contribution in [-0.2, 0) is 11.3 Å². The van der Waals surface area contributed by atoms with Crippen molar-refractivity contribution in [2.45, 2.75) is 31.4 Å². The number of nitrogens with one attached hydrogen (secondary N) is 1. The normalized spacial score (nSPS) is 26.1. The molecule has 0 radical (unpaired) electrons. The molecular formula is C14H20F2N4OS. The fourth-order valence-electron chi connectivity index (χ4n) is 3.00. The third-order valence-electron chi connectivity index (χ3n) is 4.18. The molecule has 1 aromatic rings. The molecule has 2 aliphatic rings. The Hall–Kier alpha value is -1.12. The fourth-order valence-corrected chi connectivity index (χ4v) is 3.55. The quantitative estimate of drug-likeness (QED) is 0.904. The Kier molecular flexibility index (Phi) is 4.70. The number of hydrogen-bond acceptors (Lipinski definition) is 5. The van der Waals surface area contributed by atoms with E-state index in [1.165, 1.54) is 0 Å². The summed E-state index contributed by atoms with van der Waals surface area (Å²) in [5, 5.41) is 4.67. The molecule has 3 rings (SSSR count). The minimum atomic E-state index is -2.76. The van der Waals surface area contributed by atoms with E-state index in [0.29, 0.717) is 13.1 Å². The van der Waals surface area contributed by atoms with Crippen LogP contribution >= 0.6 is 11.3 Å². The van der Waals surface area contributed by atoms with Crippen molar-refractivity contribution in [3.63, 3.8) is 0 Å². The van der Waals surface area contributed by atoms with Crippen molar-refractivity contribution >= 4 is 17.2 Å². The lowest BCUT2D eigenvalue weighted by Gasteiger charge is -2.24. The predicted octanol–water partition coefficient (Wildman–Crippen LogP) is 1.17. The van der Waals surface area contributed by atoms with Crippen molar-refractivity contribution in [2.24, 2.45) is 0 Å². The van der Waals surface area contributed by atoms with E-state index in [1.54, 1.807) is 16.2 Å². The Balaban J connectivity index is 1.53. The standard InChI is InChI=1S/C14H20F2N4OS/c15-14(16)6-12(17-9-14)13(21)20-3-1-2-19(4-5-20)7-11-8-22-10-18-11/h8,10,12,17H,1-7,9H2. The third-order valence-corrected chi connectivity index (χ3v) is 4.81. The molecule has 1 aromatic heterocycles. The highest BCUT2D eigenvalue weighted by Crippen LogP contribution is 2.26. The van der Waals surface area contributed by atoms with Crippen LogP contribution in [0.15, 0.2) is 10.9 Å². The Morgan fingerprint density at radius 2 is 2.27 bits per heavy atom. The molecule has 0 aliphatic carbocycles. The zero-order valence-corrected chi connectivity index (χ0v) is 13.1. The largest absolute Gasteiger partial charge is 0.340 e. The maximum atomic E-state index is 13.2. The van der Waals surface area contributed by atoms with Gasteiger partial charge in [-0.05, 0) is 6.42 Å². The summed E-state index contributed by atoms with van der Waals surface area (Å²) in [6.07, 6.45) is 0.476. The SMILES string of the molecule is O=C(C1CC(F)(F)CN1)N1CCCN(Cc2cscn2)CC1. The molecule has 2 aliphatic heterocycles. The maximum absolute atomic E-state index is 13.2. The van der Waals surface area contributed by atoms with Crippen molar-refractivity contribution in [3.05, 3.63) is 16.6 Å². The second-order valence-electron chi connectivity index (χ2n) is 5.93. The van der Waals surface area contributed by atoms with Gasteiger partial charge in [0, 0.05) is 44.5 Å². The lowest BCUT2D eigenvalue weighted by molar-refractivity contribution is -0.133. The van der Waals surface area contributed by atoms with Gasteiger partial charge in [0.2, 0.25) is 5.91 Å². The Labute approximate surface area is 132 Å². The van der Waals surface area contributed by atoms with Crippen LogP contribution in [0.5, 0.6) is 0 Å². The van der Waals surface area contributed by atoms with Gasteiger partial charge in [0.1, 0.15) is 0 Å². The number of nitrogens with zero attached hydrogens (tertiary/aromatic N) is 3. The first kappa shape index (κ1) is 15.8. The number of hydrogen-bond donors (Lipinski definition) is 1. The summed E-state index contributed by atoms with van der Waals surface area (Å²) in [4.78, 5) is 20.6. The fraction of sp³-hybridized carbons (Fsp3) is 0.714. The van der Waals surface area contributed by atoms with Gasteiger partial charge >= 0.3 is 0 Å².